The van der Waals surface area contributed by atoms with Crippen LogP contribution in [0.5, 0.6) is 0 Å². The van der Waals surface area contributed by atoms with Crippen LogP contribution in [-0.2, 0) is 4.74 Å². The average molecular weight is 353 g/mol. The van der Waals surface area contributed by atoms with Gasteiger partial charge < -0.3 is 19.0 Å². The number of imidazole rings is 1. The van der Waals surface area contributed by atoms with Crippen LogP contribution in [0.4, 0.5) is 0 Å². The molecule has 1 aliphatic rings. The molecule has 0 aromatic carbocycles. The maximum absolute atomic E-state index is 12.9. The quantitative estimate of drug-likeness (QED) is 0.748. The molecule has 0 spiro atoms. The molecule has 26 heavy (non-hydrogen) atoms. The molecule has 1 aliphatic heterocycles. The third-order valence-electron chi connectivity index (χ3n) is 4.48. The Hall–Kier alpha value is -3.00. The number of nitrogens with one attached hydrogen (secondary N) is 1. The van der Waals surface area contributed by atoms with Gasteiger partial charge in [0.05, 0.1) is 18.8 Å². The van der Waals surface area contributed by atoms with E-state index in [-0.39, 0.29) is 11.5 Å². The summed E-state index contributed by atoms with van der Waals surface area (Å²) >= 11 is 0. The molecule has 0 bridgehead atoms. The molecule has 134 valence electrons. The molecule has 1 amide bonds. The predicted octanol–water partition coefficient (Wildman–Crippen LogP) is 1.25. The van der Waals surface area contributed by atoms with Gasteiger partial charge in [-0.1, -0.05) is 6.07 Å². The van der Waals surface area contributed by atoms with E-state index in [0.717, 1.165) is 11.3 Å². The maximum atomic E-state index is 12.9. The summed E-state index contributed by atoms with van der Waals surface area (Å²) in [6.45, 7) is 4.88. The first kappa shape index (κ1) is 16.5. The van der Waals surface area contributed by atoms with Crippen molar-refractivity contribution in [2.75, 3.05) is 19.7 Å². The lowest BCUT2D eigenvalue weighted by Gasteiger charge is -2.32. The van der Waals surface area contributed by atoms with E-state index in [2.05, 4.69) is 15.0 Å². The second-order valence-electron chi connectivity index (χ2n) is 6.39. The molecule has 3 aromatic rings. The molecule has 8 heteroatoms. The third-order valence-corrected chi connectivity index (χ3v) is 4.48. The molecule has 0 unspecified atom stereocenters. The smallest absolute Gasteiger partial charge is 0.274 e. The van der Waals surface area contributed by atoms with Crippen LogP contribution >= 0.6 is 0 Å². The molecule has 1 atom stereocenters. The second kappa shape index (κ2) is 6.38. The highest BCUT2D eigenvalue weighted by atomic mass is 16.5. The summed E-state index contributed by atoms with van der Waals surface area (Å²) in [6.07, 6.45) is 1.33. The van der Waals surface area contributed by atoms with Crippen LogP contribution < -0.4 is 5.56 Å². The fourth-order valence-electron chi connectivity index (χ4n) is 3.19. The first-order valence-corrected chi connectivity index (χ1v) is 8.45. The zero-order valence-corrected chi connectivity index (χ0v) is 14.6. The molecule has 0 radical (unpaired) electrons. The zero-order valence-electron chi connectivity index (χ0n) is 14.6. The van der Waals surface area contributed by atoms with Gasteiger partial charge >= 0.3 is 0 Å². The van der Waals surface area contributed by atoms with Gasteiger partial charge in [-0.15, -0.1) is 0 Å². The summed E-state index contributed by atoms with van der Waals surface area (Å²) in [6, 6.07) is 7.17. The first-order valence-electron chi connectivity index (χ1n) is 8.45. The largest absolute Gasteiger partial charge is 0.368 e. The molecular formula is C18H19N5O3. The number of aromatic amines is 1. The van der Waals surface area contributed by atoms with E-state index in [9.17, 15) is 9.59 Å². The monoisotopic (exact) mass is 353 g/mol. The summed E-state index contributed by atoms with van der Waals surface area (Å²) in [7, 11) is 0. The molecule has 3 aromatic heterocycles. The van der Waals surface area contributed by atoms with Crippen molar-refractivity contribution in [1.82, 2.24) is 24.3 Å². The zero-order chi connectivity index (χ0) is 18.3. The Morgan fingerprint density at radius 3 is 2.92 bits per heavy atom. The molecular weight excluding hydrogens is 334 g/mol. The number of ether oxygens (including phenoxy) is 1. The Morgan fingerprint density at radius 2 is 2.15 bits per heavy atom. The van der Waals surface area contributed by atoms with E-state index < -0.39 is 6.10 Å². The number of H-pyrrole nitrogens is 1. The molecule has 0 aliphatic carbocycles. The van der Waals surface area contributed by atoms with Gasteiger partial charge in [0, 0.05) is 24.5 Å². The summed E-state index contributed by atoms with van der Waals surface area (Å²) in [5.41, 5.74) is 2.46. The fourth-order valence-corrected chi connectivity index (χ4v) is 3.19. The molecule has 4 heterocycles. The standard InChI is InChI=1S/C18H19N5O3/c1-11-4-3-5-16-21-14(9-23(11)16)18(25)22-6-7-26-15(10-22)13-8-17(24)20-12(2)19-13/h3-5,8-9,15H,6-7,10H2,1-2H3,(H,19,20,24)/t15-/m0/s1. The maximum Gasteiger partial charge on any atom is 0.274 e. The number of morpholine rings is 1. The Bertz CT molecular complexity index is 1040. The van der Waals surface area contributed by atoms with Gasteiger partial charge in [-0.25, -0.2) is 9.97 Å². The number of aromatic nitrogens is 4. The summed E-state index contributed by atoms with van der Waals surface area (Å²) in [5.74, 6) is 0.373. The summed E-state index contributed by atoms with van der Waals surface area (Å²) in [5, 5.41) is 0. The number of carbonyl (C=O) groups excluding carboxylic acids is 1. The van der Waals surface area contributed by atoms with Gasteiger partial charge in [-0.05, 0) is 26.0 Å². The van der Waals surface area contributed by atoms with Crippen LogP contribution in [-0.4, -0.2) is 49.9 Å². The minimum absolute atomic E-state index is 0.150. The van der Waals surface area contributed by atoms with Crippen molar-refractivity contribution < 1.29 is 9.53 Å². The van der Waals surface area contributed by atoms with Crippen molar-refractivity contribution in [3.05, 3.63) is 63.7 Å². The molecule has 1 fully saturated rings. The van der Waals surface area contributed by atoms with Gasteiger partial charge in [0.2, 0.25) is 0 Å². The number of fused-ring (bicyclic) bond motifs is 1. The van der Waals surface area contributed by atoms with Crippen LogP contribution in [0.3, 0.4) is 0 Å². The number of amides is 1. The fraction of sp³-hybridized carbons (Fsp3) is 0.333. The number of nitrogens with zero attached hydrogens (tertiary/aromatic N) is 4. The van der Waals surface area contributed by atoms with Gasteiger partial charge in [-0.3, -0.25) is 9.59 Å². The summed E-state index contributed by atoms with van der Waals surface area (Å²) in [4.78, 5) is 37.7. The number of carbonyl (C=O) groups is 1. The molecule has 0 saturated carbocycles. The first-order chi connectivity index (χ1) is 12.5. The minimum Gasteiger partial charge on any atom is -0.368 e. The molecule has 1 N–H and O–H groups in total. The van der Waals surface area contributed by atoms with Gasteiger partial charge in [-0.2, -0.15) is 0 Å². The normalized spacial score (nSPS) is 17.6. The van der Waals surface area contributed by atoms with Gasteiger partial charge in [0.1, 0.15) is 23.3 Å². The van der Waals surface area contributed by atoms with Crippen LogP contribution in [0.25, 0.3) is 5.65 Å². The Balaban J connectivity index is 1.59. The lowest BCUT2D eigenvalue weighted by Crippen LogP contribution is -2.42. The average Bonchev–Trinajstić information content (AvgIpc) is 3.06. The van der Waals surface area contributed by atoms with Crippen molar-refractivity contribution >= 4 is 11.6 Å². The van der Waals surface area contributed by atoms with Crippen molar-refractivity contribution in [2.24, 2.45) is 0 Å². The van der Waals surface area contributed by atoms with E-state index in [4.69, 9.17) is 4.74 Å². The van der Waals surface area contributed by atoms with Crippen LogP contribution in [0.2, 0.25) is 0 Å². The Kier molecular flexibility index (Phi) is 4.04. The molecule has 4 rings (SSSR count). The van der Waals surface area contributed by atoms with Crippen LogP contribution in [0.1, 0.15) is 33.8 Å². The lowest BCUT2D eigenvalue weighted by atomic mass is 10.2. The number of hydrogen-bond acceptors (Lipinski definition) is 5. The minimum atomic E-state index is -0.424. The number of hydrogen-bond donors (Lipinski definition) is 1. The van der Waals surface area contributed by atoms with Crippen molar-refractivity contribution in [2.45, 2.75) is 20.0 Å². The summed E-state index contributed by atoms with van der Waals surface area (Å²) < 4.78 is 7.63. The van der Waals surface area contributed by atoms with Crippen molar-refractivity contribution in [3.8, 4) is 0 Å². The van der Waals surface area contributed by atoms with Crippen molar-refractivity contribution in [3.63, 3.8) is 0 Å². The molecule has 8 nitrogen and oxygen atoms in total. The highest BCUT2D eigenvalue weighted by Crippen LogP contribution is 2.21. The predicted molar refractivity (Wildman–Crippen MR) is 94.1 cm³/mol. The number of aryl methyl sites for hydroxylation is 2. The number of pyridine rings is 1. The highest BCUT2D eigenvalue weighted by Gasteiger charge is 2.28. The van der Waals surface area contributed by atoms with Crippen molar-refractivity contribution in [1.29, 1.82) is 0 Å². The van der Waals surface area contributed by atoms with Gasteiger partial charge in [0.25, 0.3) is 11.5 Å². The van der Waals surface area contributed by atoms with E-state index in [0.29, 0.717) is 36.9 Å². The van der Waals surface area contributed by atoms with E-state index in [1.165, 1.54) is 6.07 Å². The van der Waals surface area contributed by atoms with E-state index in [1.807, 2.05) is 29.5 Å². The topological polar surface area (TPSA) is 92.6 Å². The third kappa shape index (κ3) is 2.99. The SMILES string of the molecule is Cc1nc([C@@H]2CN(C(=O)c3cn4c(C)cccc4n3)CCO2)cc(=O)[nH]1. The molecule has 1 saturated heterocycles. The Morgan fingerprint density at radius 1 is 1.31 bits per heavy atom. The van der Waals surface area contributed by atoms with Crippen LogP contribution in [0, 0.1) is 13.8 Å². The van der Waals surface area contributed by atoms with E-state index >= 15 is 0 Å². The lowest BCUT2D eigenvalue weighted by molar-refractivity contribution is -0.0250. The Labute approximate surface area is 149 Å². The second-order valence-corrected chi connectivity index (χ2v) is 6.39. The number of rotatable bonds is 2. The highest BCUT2D eigenvalue weighted by molar-refractivity contribution is 5.93. The van der Waals surface area contributed by atoms with Crippen LogP contribution in [0.15, 0.2) is 35.3 Å². The van der Waals surface area contributed by atoms with E-state index in [1.54, 1.807) is 18.0 Å². The van der Waals surface area contributed by atoms with Gasteiger partial charge in [0.15, 0.2) is 0 Å².